The lowest BCUT2D eigenvalue weighted by atomic mass is 10.1. The third kappa shape index (κ3) is 1.86. The summed E-state index contributed by atoms with van der Waals surface area (Å²) in [5, 5.41) is 3.02. The van der Waals surface area contributed by atoms with Crippen LogP contribution in [0.4, 0.5) is 0 Å². The number of hydrogen-bond donors (Lipinski definition) is 1. The van der Waals surface area contributed by atoms with Crippen molar-refractivity contribution in [1.82, 2.24) is 9.78 Å². The molecule has 0 atom stereocenters. The van der Waals surface area contributed by atoms with Crippen molar-refractivity contribution in [3.63, 3.8) is 0 Å². The predicted octanol–water partition coefficient (Wildman–Crippen LogP) is 2.09. The Hall–Kier alpha value is -1.77. The van der Waals surface area contributed by atoms with E-state index in [-0.39, 0.29) is 5.56 Å². The molecule has 0 fully saturated rings. The maximum atomic E-state index is 11.6. The van der Waals surface area contributed by atoms with E-state index in [9.17, 15) is 4.79 Å². The van der Waals surface area contributed by atoms with Crippen LogP contribution in [0.5, 0.6) is 0 Å². The van der Waals surface area contributed by atoms with Crippen LogP contribution in [0.1, 0.15) is 16.8 Å². The Morgan fingerprint density at radius 2 is 1.60 bits per heavy atom. The zero-order valence-electron chi connectivity index (χ0n) is 9.16. The van der Waals surface area contributed by atoms with Crippen molar-refractivity contribution < 1.29 is 0 Å². The maximum absolute atomic E-state index is 11.6. The SMILES string of the molecule is Cc1cc(C)cc(-n2[nH]c(C)cc2=O)c1. The lowest BCUT2D eigenvalue weighted by Crippen LogP contribution is -2.13. The van der Waals surface area contributed by atoms with E-state index >= 15 is 0 Å². The molecule has 15 heavy (non-hydrogen) atoms. The second-order valence-corrected chi connectivity index (χ2v) is 3.96. The number of nitrogens with zero attached hydrogens (tertiary/aromatic N) is 1. The first-order valence-electron chi connectivity index (χ1n) is 4.93. The summed E-state index contributed by atoms with van der Waals surface area (Å²) < 4.78 is 1.56. The van der Waals surface area contributed by atoms with Crippen molar-refractivity contribution in [2.45, 2.75) is 20.8 Å². The van der Waals surface area contributed by atoms with E-state index in [0.717, 1.165) is 22.5 Å². The smallest absolute Gasteiger partial charge is 0.271 e. The Morgan fingerprint density at radius 1 is 1.00 bits per heavy atom. The Morgan fingerprint density at radius 3 is 2.07 bits per heavy atom. The normalized spacial score (nSPS) is 10.6. The Bertz CT molecular complexity index is 529. The van der Waals surface area contributed by atoms with Gasteiger partial charge in [-0.25, -0.2) is 4.68 Å². The molecular formula is C12H14N2O. The molecule has 0 aliphatic heterocycles. The number of aromatic amines is 1. The highest BCUT2D eigenvalue weighted by Crippen LogP contribution is 2.11. The van der Waals surface area contributed by atoms with Gasteiger partial charge < -0.3 is 0 Å². The average molecular weight is 202 g/mol. The first-order valence-corrected chi connectivity index (χ1v) is 4.93. The zero-order valence-corrected chi connectivity index (χ0v) is 9.16. The van der Waals surface area contributed by atoms with E-state index in [2.05, 4.69) is 11.2 Å². The summed E-state index contributed by atoms with van der Waals surface area (Å²) in [7, 11) is 0. The van der Waals surface area contributed by atoms with Gasteiger partial charge in [-0.1, -0.05) is 6.07 Å². The highest BCUT2D eigenvalue weighted by atomic mass is 16.1. The van der Waals surface area contributed by atoms with Gasteiger partial charge in [0.05, 0.1) is 5.69 Å². The van der Waals surface area contributed by atoms with Crippen molar-refractivity contribution in [1.29, 1.82) is 0 Å². The summed E-state index contributed by atoms with van der Waals surface area (Å²) in [6.07, 6.45) is 0. The fourth-order valence-electron chi connectivity index (χ4n) is 1.79. The number of H-pyrrole nitrogens is 1. The van der Waals surface area contributed by atoms with Crippen molar-refractivity contribution in [2.24, 2.45) is 0 Å². The van der Waals surface area contributed by atoms with Crippen LogP contribution in [-0.2, 0) is 0 Å². The molecule has 1 N–H and O–H groups in total. The quantitative estimate of drug-likeness (QED) is 0.755. The molecule has 78 valence electrons. The van der Waals surface area contributed by atoms with E-state index in [1.165, 1.54) is 0 Å². The molecule has 0 unspecified atom stereocenters. The van der Waals surface area contributed by atoms with E-state index in [1.54, 1.807) is 10.7 Å². The maximum Gasteiger partial charge on any atom is 0.271 e. The van der Waals surface area contributed by atoms with Crippen molar-refractivity contribution in [3.8, 4) is 5.69 Å². The van der Waals surface area contributed by atoms with E-state index in [0.29, 0.717) is 0 Å². The number of rotatable bonds is 1. The Kier molecular flexibility index (Phi) is 2.23. The number of aryl methyl sites for hydroxylation is 3. The van der Waals surface area contributed by atoms with Crippen molar-refractivity contribution in [2.75, 3.05) is 0 Å². The average Bonchev–Trinajstić information content (AvgIpc) is 2.43. The van der Waals surface area contributed by atoms with Gasteiger partial charge in [0.2, 0.25) is 0 Å². The van der Waals surface area contributed by atoms with Gasteiger partial charge in [-0.05, 0) is 44.0 Å². The van der Waals surface area contributed by atoms with Crippen molar-refractivity contribution >= 4 is 0 Å². The van der Waals surface area contributed by atoms with Gasteiger partial charge in [0.15, 0.2) is 0 Å². The summed E-state index contributed by atoms with van der Waals surface area (Å²) in [4.78, 5) is 11.6. The minimum atomic E-state index is -0.0162. The molecule has 0 amide bonds. The highest BCUT2D eigenvalue weighted by molar-refractivity contribution is 5.38. The van der Waals surface area contributed by atoms with Gasteiger partial charge in [-0.3, -0.25) is 9.89 Å². The number of aromatic nitrogens is 2. The standard InChI is InChI=1S/C12H14N2O/c1-8-4-9(2)6-11(5-8)14-12(15)7-10(3)13-14/h4-7,13H,1-3H3. The minimum absolute atomic E-state index is 0.0162. The molecular weight excluding hydrogens is 188 g/mol. The van der Waals surface area contributed by atoms with Gasteiger partial charge in [-0.15, -0.1) is 0 Å². The molecule has 0 aliphatic carbocycles. The fourth-order valence-corrected chi connectivity index (χ4v) is 1.79. The fraction of sp³-hybridized carbons (Fsp3) is 0.250. The van der Waals surface area contributed by atoms with Crippen LogP contribution in [-0.4, -0.2) is 9.78 Å². The number of hydrogen-bond acceptors (Lipinski definition) is 1. The molecule has 1 aromatic carbocycles. The molecule has 0 bridgehead atoms. The van der Waals surface area contributed by atoms with Crippen molar-refractivity contribution in [3.05, 3.63) is 51.4 Å². The Labute approximate surface area is 88.4 Å². The van der Waals surface area contributed by atoms with Crippen LogP contribution < -0.4 is 5.56 Å². The summed E-state index contributed by atoms with van der Waals surface area (Å²) >= 11 is 0. The molecule has 1 aromatic heterocycles. The molecule has 2 rings (SSSR count). The van der Waals surface area contributed by atoms with E-state index in [1.807, 2.05) is 32.9 Å². The van der Waals surface area contributed by atoms with Crippen LogP contribution in [0.15, 0.2) is 29.1 Å². The molecule has 3 heteroatoms. The summed E-state index contributed by atoms with van der Waals surface area (Å²) in [6, 6.07) is 7.66. The third-order valence-electron chi connectivity index (χ3n) is 2.31. The van der Waals surface area contributed by atoms with Crippen LogP contribution >= 0.6 is 0 Å². The van der Waals surface area contributed by atoms with Crippen LogP contribution in [0.25, 0.3) is 5.69 Å². The molecule has 0 radical (unpaired) electrons. The summed E-state index contributed by atoms with van der Waals surface area (Å²) in [6.45, 7) is 5.93. The molecule has 0 saturated carbocycles. The topological polar surface area (TPSA) is 37.8 Å². The number of benzene rings is 1. The van der Waals surface area contributed by atoms with E-state index < -0.39 is 0 Å². The van der Waals surface area contributed by atoms with Gasteiger partial charge >= 0.3 is 0 Å². The zero-order chi connectivity index (χ0) is 11.0. The monoisotopic (exact) mass is 202 g/mol. The van der Waals surface area contributed by atoms with E-state index in [4.69, 9.17) is 0 Å². The molecule has 0 spiro atoms. The largest absolute Gasteiger partial charge is 0.295 e. The lowest BCUT2D eigenvalue weighted by molar-refractivity contribution is 0.833. The molecule has 3 nitrogen and oxygen atoms in total. The molecule has 2 aromatic rings. The predicted molar refractivity (Wildman–Crippen MR) is 60.6 cm³/mol. The first-order chi connectivity index (χ1) is 7.06. The second-order valence-electron chi connectivity index (χ2n) is 3.96. The lowest BCUT2D eigenvalue weighted by Gasteiger charge is -2.04. The van der Waals surface area contributed by atoms with Gasteiger partial charge in [0.25, 0.3) is 5.56 Å². The van der Waals surface area contributed by atoms with Gasteiger partial charge in [-0.2, -0.15) is 0 Å². The number of nitrogens with one attached hydrogen (secondary N) is 1. The van der Waals surface area contributed by atoms with Crippen LogP contribution in [0.3, 0.4) is 0 Å². The van der Waals surface area contributed by atoms with Crippen LogP contribution in [0, 0.1) is 20.8 Å². The summed E-state index contributed by atoms with van der Waals surface area (Å²) in [5.41, 5.74) is 4.07. The van der Waals surface area contributed by atoms with Gasteiger partial charge in [0, 0.05) is 11.8 Å². The third-order valence-corrected chi connectivity index (χ3v) is 2.31. The van der Waals surface area contributed by atoms with Gasteiger partial charge in [0.1, 0.15) is 0 Å². The first kappa shape index (κ1) is 9.77. The molecule has 0 aliphatic rings. The minimum Gasteiger partial charge on any atom is -0.295 e. The second kappa shape index (κ2) is 3.42. The molecule has 0 saturated heterocycles. The van der Waals surface area contributed by atoms with Crippen LogP contribution in [0.2, 0.25) is 0 Å². The summed E-state index contributed by atoms with van der Waals surface area (Å²) in [5.74, 6) is 0. The highest BCUT2D eigenvalue weighted by Gasteiger charge is 2.03. The Balaban J connectivity index is 2.63. The molecule has 1 heterocycles.